The molecule has 0 saturated carbocycles. The van der Waals surface area contributed by atoms with E-state index in [0.717, 1.165) is 11.3 Å². The fourth-order valence-electron chi connectivity index (χ4n) is 1.52. The van der Waals surface area contributed by atoms with Crippen LogP contribution in [0.2, 0.25) is 5.15 Å². The molecule has 1 heterocycles. The van der Waals surface area contributed by atoms with Gasteiger partial charge in [-0.3, -0.25) is 0 Å². The van der Waals surface area contributed by atoms with Gasteiger partial charge in [0.15, 0.2) is 0 Å². The molecule has 0 bridgehead atoms. The van der Waals surface area contributed by atoms with Gasteiger partial charge in [-0.05, 0) is 23.8 Å². The van der Waals surface area contributed by atoms with Gasteiger partial charge in [0.2, 0.25) is 0 Å². The quantitative estimate of drug-likeness (QED) is 0.837. The highest BCUT2D eigenvalue weighted by Crippen LogP contribution is 2.20. The minimum Gasteiger partial charge on any atom is -0.380 e. The molecular formula is C13H11ClF2N2. The lowest BCUT2D eigenvalue weighted by atomic mass is 10.1. The number of nitrogens with zero attached hydrogens (tertiary/aromatic N) is 1. The van der Waals surface area contributed by atoms with Gasteiger partial charge in [-0.2, -0.15) is 0 Å². The Balaban J connectivity index is 2.01. The van der Waals surface area contributed by atoms with Crippen molar-refractivity contribution < 1.29 is 8.78 Å². The second-order valence-corrected chi connectivity index (χ2v) is 4.16. The third-order valence-electron chi connectivity index (χ3n) is 2.43. The van der Waals surface area contributed by atoms with Gasteiger partial charge in [0.25, 0.3) is 6.43 Å². The van der Waals surface area contributed by atoms with Crippen LogP contribution in [0.25, 0.3) is 0 Å². The summed E-state index contributed by atoms with van der Waals surface area (Å²) in [6.45, 7) is 0.462. The smallest absolute Gasteiger partial charge is 0.263 e. The Morgan fingerprint density at radius 2 is 2.06 bits per heavy atom. The highest BCUT2D eigenvalue weighted by Gasteiger charge is 2.06. The summed E-state index contributed by atoms with van der Waals surface area (Å²) in [6.07, 6.45) is -0.846. The Hall–Kier alpha value is -1.68. The summed E-state index contributed by atoms with van der Waals surface area (Å²) in [4.78, 5) is 3.92. The van der Waals surface area contributed by atoms with E-state index in [-0.39, 0.29) is 5.56 Å². The van der Waals surface area contributed by atoms with E-state index in [2.05, 4.69) is 10.3 Å². The summed E-state index contributed by atoms with van der Waals surface area (Å²) in [5.74, 6) is 0. The first-order chi connectivity index (χ1) is 8.65. The zero-order valence-corrected chi connectivity index (χ0v) is 10.2. The molecule has 1 aromatic heterocycles. The summed E-state index contributed by atoms with van der Waals surface area (Å²) < 4.78 is 25.0. The first-order valence-electron chi connectivity index (χ1n) is 5.37. The van der Waals surface area contributed by atoms with Crippen LogP contribution in [0.1, 0.15) is 17.6 Å². The number of nitrogens with one attached hydrogen (secondary N) is 1. The van der Waals surface area contributed by atoms with E-state index in [1.165, 1.54) is 12.1 Å². The Morgan fingerprint density at radius 3 is 2.72 bits per heavy atom. The zero-order valence-electron chi connectivity index (χ0n) is 9.41. The van der Waals surface area contributed by atoms with Gasteiger partial charge in [-0.15, -0.1) is 0 Å². The minimum absolute atomic E-state index is 0.0310. The van der Waals surface area contributed by atoms with Crippen LogP contribution in [-0.4, -0.2) is 4.98 Å². The van der Waals surface area contributed by atoms with Crippen LogP contribution >= 0.6 is 11.6 Å². The molecular weight excluding hydrogens is 258 g/mol. The van der Waals surface area contributed by atoms with Crippen molar-refractivity contribution in [1.29, 1.82) is 0 Å². The molecule has 2 aromatic rings. The molecule has 0 aliphatic heterocycles. The van der Waals surface area contributed by atoms with E-state index in [1.807, 2.05) is 0 Å². The van der Waals surface area contributed by atoms with E-state index in [1.54, 1.807) is 30.5 Å². The highest BCUT2D eigenvalue weighted by atomic mass is 35.5. The molecule has 2 nitrogen and oxygen atoms in total. The Kier molecular flexibility index (Phi) is 4.10. The molecule has 0 amide bonds. The van der Waals surface area contributed by atoms with E-state index in [9.17, 15) is 8.78 Å². The zero-order chi connectivity index (χ0) is 13.0. The minimum atomic E-state index is -2.44. The molecule has 5 heteroatoms. The molecule has 2 rings (SSSR count). The molecule has 0 aliphatic rings. The van der Waals surface area contributed by atoms with Crippen molar-refractivity contribution in [2.45, 2.75) is 13.0 Å². The molecule has 0 radical (unpaired) electrons. The lowest BCUT2D eigenvalue weighted by Crippen LogP contribution is -2.00. The summed E-state index contributed by atoms with van der Waals surface area (Å²) in [7, 11) is 0. The predicted octanol–water partition coefficient (Wildman–Crippen LogP) is 4.28. The number of benzene rings is 1. The third kappa shape index (κ3) is 3.40. The van der Waals surface area contributed by atoms with E-state index < -0.39 is 6.43 Å². The SMILES string of the molecule is FC(F)c1cccc(CNc2ccc(Cl)nc2)c1. The van der Waals surface area contributed by atoms with E-state index >= 15 is 0 Å². The number of halogens is 3. The molecule has 0 unspecified atom stereocenters. The van der Waals surface area contributed by atoms with Crippen molar-refractivity contribution in [2.75, 3.05) is 5.32 Å². The largest absolute Gasteiger partial charge is 0.380 e. The predicted molar refractivity (Wildman–Crippen MR) is 68.0 cm³/mol. The monoisotopic (exact) mass is 268 g/mol. The van der Waals surface area contributed by atoms with Crippen LogP contribution < -0.4 is 5.32 Å². The number of hydrogen-bond donors (Lipinski definition) is 1. The maximum absolute atomic E-state index is 12.5. The van der Waals surface area contributed by atoms with Crippen LogP contribution in [0.5, 0.6) is 0 Å². The van der Waals surface area contributed by atoms with Crippen LogP contribution in [0.4, 0.5) is 14.5 Å². The van der Waals surface area contributed by atoms with Crippen LogP contribution in [-0.2, 0) is 6.54 Å². The number of pyridine rings is 1. The molecule has 1 N–H and O–H groups in total. The Labute approximate surface area is 109 Å². The van der Waals surface area contributed by atoms with Crippen LogP contribution in [0, 0.1) is 0 Å². The van der Waals surface area contributed by atoms with Gasteiger partial charge in [-0.1, -0.05) is 29.8 Å². The van der Waals surface area contributed by atoms with Crippen LogP contribution in [0.15, 0.2) is 42.6 Å². The molecule has 0 spiro atoms. The average molecular weight is 269 g/mol. The molecule has 94 valence electrons. The Bertz CT molecular complexity index is 515. The van der Waals surface area contributed by atoms with E-state index in [0.29, 0.717) is 11.7 Å². The van der Waals surface area contributed by atoms with Gasteiger partial charge < -0.3 is 5.32 Å². The normalized spacial score (nSPS) is 10.7. The summed E-state index contributed by atoms with van der Waals surface area (Å²) in [6, 6.07) is 9.77. The number of alkyl halides is 2. The fourth-order valence-corrected chi connectivity index (χ4v) is 1.64. The molecule has 1 aromatic carbocycles. The van der Waals surface area contributed by atoms with Crippen LogP contribution in [0.3, 0.4) is 0 Å². The maximum Gasteiger partial charge on any atom is 0.263 e. The van der Waals surface area contributed by atoms with Gasteiger partial charge in [0.05, 0.1) is 11.9 Å². The first-order valence-corrected chi connectivity index (χ1v) is 5.75. The number of anilines is 1. The van der Waals surface area contributed by atoms with Gasteiger partial charge in [0.1, 0.15) is 5.15 Å². The summed E-state index contributed by atoms with van der Waals surface area (Å²) >= 11 is 5.66. The van der Waals surface area contributed by atoms with Crippen molar-refractivity contribution in [3.8, 4) is 0 Å². The topological polar surface area (TPSA) is 24.9 Å². The van der Waals surface area contributed by atoms with Crippen molar-refractivity contribution in [1.82, 2.24) is 4.98 Å². The lowest BCUT2D eigenvalue weighted by Gasteiger charge is -2.07. The second kappa shape index (κ2) is 5.78. The first kappa shape index (κ1) is 12.8. The number of hydrogen-bond acceptors (Lipinski definition) is 2. The summed E-state index contributed by atoms with van der Waals surface area (Å²) in [5.41, 5.74) is 1.62. The molecule has 0 aliphatic carbocycles. The van der Waals surface area contributed by atoms with Crippen molar-refractivity contribution in [3.63, 3.8) is 0 Å². The third-order valence-corrected chi connectivity index (χ3v) is 2.65. The standard InChI is InChI=1S/C13H11ClF2N2/c14-12-5-4-11(8-18-12)17-7-9-2-1-3-10(6-9)13(15)16/h1-6,8,13,17H,7H2. The highest BCUT2D eigenvalue weighted by molar-refractivity contribution is 6.29. The molecule has 0 saturated heterocycles. The van der Waals surface area contributed by atoms with Crippen molar-refractivity contribution >= 4 is 17.3 Å². The molecule has 0 atom stereocenters. The second-order valence-electron chi connectivity index (χ2n) is 3.77. The Morgan fingerprint density at radius 1 is 1.22 bits per heavy atom. The lowest BCUT2D eigenvalue weighted by molar-refractivity contribution is 0.151. The number of aromatic nitrogens is 1. The van der Waals surface area contributed by atoms with Gasteiger partial charge in [0, 0.05) is 12.1 Å². The number of rotatable bonds is 4. The van der Waals surface area contributed by atoms with Crippen molar-refractivity contribution in [2.24, 2.45) is 0 Å². The van der Waals surface area contributed by atoms with E-state index in [4.69, 9.17) is 11.6 Å². The average Bonchev–Trinajstić information content (AvgIpc) is 2.38. The summed E-state index contributed by atoms with van der Waals surface area (Å²) in [5, 5.41) is 3.51. The van der Waals surface area contributed by atoms with Gasteiger partial charge >= 0.3 is 0 Å². The maximum atomic E-state index is 12.5. The van der Waals surface area contributed by atoms with Gasteiger partial charge in [-0.25, -0.2) is 13.8 Å². The molecule has 0 fully saturated rings. The fraction of sp³-hybridized carbons (Fsp3) is 0.154. The molecule has 18 heavy (non-hydrogen) atoms. The van der Waals surface area contributed by atoms with Crippen molar-refractivity contribution in [3.05, 3.63) is 58.9 Å².